The first kappa shape index (κ1) is 24.6. The van der Waals surface area contributed by atoms with E-state index in [1.54, 1.807) is 13.8 Å². The third kappa shape index (κ3) is 4.95. The molecule has 0 aliphatic rings. The Bertz CT molecular complexity index is 1290. The minimum absolute atomic E-state index is 0.480. The summed E-state index contributed by atoms with van der Waals surface area (Å²) in [6.07, 6.45) is 1.93. The van der Waals surface area contributed by atoms with Crippen molar-refractivity contribution in [3.05, 3.63) is 101 Å². The van der Waals surface area contributed by atoms with Gasteiger partial charge in [-0.3, -0.25) is 0 Å². The van der Waals surface area contributed by atoms with E-state index in [9.17, 15) is 5.11 Å². The molecule has 0 aliphatic carbocycles. The first-order valence-corrected chi connectivity index (χ1v) is 12.9. The molecule has 0 amide bonds. The van der Waals surface area contributed by atoms with E-state index in [1.807, 2.05) is 42.2 Å². The highest BCUT2D eigenvalue weighted by molar-refractivity contribution is 7.99. The number of halogens is 1. The van der Waals surface area contributed by atoms with Gasteiger partial charge in [-0.15, -0.1) is 11.8 Å². The number of hydrogen-bond acceptors (Lipinski definition) is 3. The minimum atomic E-state index is -1.06. The lowest BCUT2D eigenvalue weighted by atomic mass is 9.83. The Labute approximate surface area is 211 Å². The smallest absolute Gasteiger partial charge is 0.123 e. The lowest BCUT2D eigenvalue weighted by molar-refractivity contribution is 0.0741. The Hall–Kier alpha value is -2.53. The summed E-state index contributed by atoms with van der Waals surface area (Å²) >= 11 is 8.44. The van der Waals surface area contributed by atoms with Crippen LogP contribution in [-0.2, 0) is 11.0 Å². The molecule has 4 aromatic rings. The second-order valence-electron chi connectivity index (χ2n) is 9.49. The molecule has 0 saturated heterocycles. The van der Waals surface area contributed by atoms with E-state index in [-0.39, 0.29) is 0 Å². The van der Waals surface area contributed by atoms with Gasteiger partial charge in [-0.05, 0) is 80.5 Å². The maximum Gasteiger partial charge on any atom is 0.123 e. The van der Waals surface area contributed by atoms with Gasteiger partial charge in [0.2, 0.25) is 0 Å². The average Bonchev–Trinajstić information content (AvgIpc) is 3.27. The van der Waals surface area contributed by atoms with E-state index in [0.29, 0.717) is 10.7 Å². The molecule has 0 bridgehead atoms. The van der Waals surface area contributed by atoms with Crippen LogP contribution < -0.4 is 0 Å². The van der Waals surface area contributed by atoms with Gasteiger partial charge in [-0.25, -0.2) is 4.98 Å². The molecule has 0 fully saturated rings. The average molecular weight is 491 g/mol. The van der Waals surface area contributed by atoms with Gasteiger partial charge in [0.05, 0.1) is 5.69 Å². The summed E-state index contributed by atoms with van der Waals surface area (Å²) in [7, 11) is 0. The van der Waals surface area contributed by atoms with Crippen LogP contribution in [0.4, 0.5) is 0 Å². The Morgan fingerprint density at radius 2 is 1.62 bits per heavy atom. The van der Waals surface area contributed by atoms with Crippen LogP contribution in [0.3, 0.4) is 0 Å². The van der Waals surface area contributed by atoms with E-state index in [4.69, 9.17) is 16.6 Å². The fourth-order valence-electron chi connectivity index (χ4n) is 4.15. The van der Waals surface area contributed by atoms with Crippen molar-refractivity contribution in [2.45, 2.75) is 50.5 Å². The number of imidazole rings is 1. The molecule has 0 unspecified atom stereocenters. The van der Waals surface area contributed by atoms with Crippen LogP contribution in [-0.4, -0.2) is 20.4 Å². The van der Waals surface area contributed by atoms with E-state index in [0.717, 1.165) is 28.4 Å². The molecule has 0 aliphatic heterocycles. The zero-order valence-corrected chi connectivity index (χ0v) is 21.9. The summed E-state index contributed by atoms with van der Waals surface area (Å²) in [4.78, 5) is 6.19. The van der Waals surface area contributed by atoms with Crippen molar-refractivity contribution in [1.29, 1.82) is 0 Å². The molecule has 34 heavy (non-hydrogen) atoms. The van der Waals surface area contributed by atoms with Crippen LogP contribution in [0.15, 0.2) is 83.9 Å². The maximum atomic E-state index is 10.7. The second-order valence-corrected chi connectivity index (χ2v) is 11.2. The standard InChI is InChI=1S/C29H31ClN2OS/c1-6-34-23-11-9-10-21(18-23)20-14-16-22(17-15-20)32-19-26(29(4,5)33)31-27(32)28(2,3)24-12-7-8-13-25(24)30/h7-19,33H,6H2,1-5H3. The Morgan fingerprint density at radius 3 is 2.26 bits per heavy atom. The van der Waals surface area contributed by atoms with Crippen LogP contribution >= 0.6 is 23.4 Å². The first-order chi connectivity index (χ1) is 16.1. The van der Waals surface area contributed by atoms with Crippen LogP contribution in [0, 0.1) is 0 Å². The van der Waals surface area contributed by atoms with Crippen LogP contribution in [0.1, 0.15) is 51.7 Å². The Kier molecular flexibility index (Phi) is 6.95. The lowest BCUT2D eigenvalue weighted by Gasteiger charge is -2.27. The summed E-state index contributed by atoms with van der Waals surface area (Å²) in [5.74, 6) is 1.88. The van der Waals surface area contributed by atoms with Crippen molar-refractivity contribution >= 4 is 23.4 Å². The van der Waals surface area contributed by atoms with Crippen molar-refractivity contribution < 1.29 is 5.11 Å². The fraction of sp³-hybridized carbons (Fsp3) is 0.276. The van der Waals surface area contributed by atoms with Crippen molar-refractivity contribution in [3.63, 3.8) is 0 Å². The number of nitrogens with zero attached hydrogens (tertiary/aromatic N) is 2. The molecule has 5 heteroatoms. The van der Waals surface area contributed by atoms with E-state index in [1.165, 1.54) is 10.5 Å². The molecule has 1 N–H and O–H groups in total. The summed E-state index contributed by atoms with van der Waals surface area (Å²) in [5, 5.41) is 11.4. The quantitative estimate of drug-likeness (QED) is 0.268. The topological polar surface area (TPSA) is 38.0 Å². The van der Waals surface area contributed by atoms with Gasteiger partial charge in [-0.1, -0.05) is 61.0 Å². The second kappa shape index (κ2) is 9.61. The van der Waals surface area contributed by atoms with Gasteiger partial charge in [0, 0.05) is 27.2 Å². The zero-order valence-electron chi connectivity index (χ0n) is 20.3. The Morgan fingerprint density at radius 1 is 0.912 bits per heavy atom. The third-order valence-electron chi connectivity index (χ3n) is 6.06. The van der Waals surface area contributed by atoms with Crippen molar-refractivity contribution in [2.24, 2.45) is 0 Å². The van der Waals surface area contributed by atoms with E-state index < -0.39 is 11.0 Å². The number of thioether (sulfide) groups is 1. The molecular formula is C29H31ClN2OS. The number of benzene rings is 3. The van der Waals surface area contributed by atoms with E-state index >= 15 is 0 Å². The molecule has 0 atom stereocenters. The van der Waals surface area contributed by atoms with Gasteiger partial charge in [-0.2, -0.15) is 0 Å². The largest absolute Gasteiger partial charge is 0.384 e. The molecule has 0 spiro atoms. The summed E-state index contributed by atoms with van der Waals surface area (Å²) in [5.41, 5.74) is 3.42. The molecular weight excluding hydrogens is 460 g/mol. The SMILES string of the molecule is CCSc1cccc(-c2ccc(-n3cc(C(C)(C)O)nc3C(C)(C)c3ccccc3Cl)cc2)c1. The van der Waals surface area contributed by atoms with Crippen molar-refractivity contribution in [1.82, 2.24) is 9.55 Å². The first-order valence-electron chi connectivity index (χ1n) is 11.5. The number of rotatable bonds is 7. The third-order valence-corrected chi connectivity index (χ3v) is 7.27. The van der Waals surface area contributed by atoms with Gasteiger partial charge in [0.1, 0.15) is 11.4 Å². The molecule has 3 aromatic carbocycles. The van der Waals surface area contributed by atoms with Crippen LogP contribution in [0.5, 0.6) is 0 Å². The highest BCUT2D eigenvalue weighted by Crippen LogP contribution is 2.38. The van der Waals surface area contributed by atoms with E-state index in [2.05, 4.69) is 73.9 Å². The monoisotopic (exact) mass is 490 g/mol. The number of aliphatic hydroxyl groups is 1. The zero-order chi connectivity index (χ0) is 24.5. The highest BCUT2D eigenvalue weighted by Gasteiger charge is 2.33. The van der Waals surface area contributed by atoms with Gasteiger partial charge in [0.15, 0.2) is 0 Å². The van der Waals surface area contributed by atoms with Gasteiger partial charge >= 0.3 is 0 Å². The van der Waals surface area contributed by atoms with Gasteiger partial charge < -0.3 is 9.67 Å². The fourth-order valence-corrected chi connectivity index (χ4v) is 5.24. The lowest BCUT2D eigenvalue weighted by Crippen LogP contribution is -2.25. The molecule has 1 heterocycles. The Balaban J connectivity index is 1.79. The van der Waals surface area contributed by atoms with Gasteiger partial charge in [0.25, 0.3) is 0 Å². The highest BCUT2D eigenvalue weighted by atomic mass is 35.5. The molecule has 0 saturated carbocycles. The minimum Gasteiger partial charge on any atom is -0.384 e. The summed E-state index contributed by atoms with van der Waals surface area (Å²) in [6.45, 7) is 9.92. The predicted octanol–water partition coefficient (Wildman–Crippen LogP) is 7.86. The van der Waals surface area contributed by atoms with Crippen molar-refractivity contribution in [2.75, 3.05) is 5.75 Å². The molecule has 3 nitrogen and oxygen atoms in total. The van der Waals surface area contributed by atoms with Crippen molar-refractivity contribution in [3.8, 4) is 16.8 Å². The molecule has 1 aromatic heterocycles. The summed E-state index contributed by atoms with van der Waals surface area (Å²) in [6, 6.07) is 25.0. The molecule has 0 radical (unpaired) electrons. The normalized spacial score (nSPS) is 12.2. The number of hydrogen-bond donors (Lipinski definition) is 1. The number of aromatic nitrogens is 2. The van der Waals surface area contributed by atoms with Crippen LogP contribution in [0.2, 0.25) is 5.02 Å². The predicted molar refractivity (Wildman–Crippen MR) is 144 cm³/mol. The molecule has 176 valence electrons. The summed E-state index contributed by atoms with van der Waals surface area (Å²) < 4.78 is 2.07. The molecule has 4 rings (SSSR count). The van der Waals surface area contributed by atoms with Crippen LogP contribution in [0.25, 0.3) is 16.8 Å². The maximum absolute atomic E-state index is 10.7.